The molecule has 1 saturated heterocycles. The molecule has 2 aromatic heterocycles. The van der Waals surface area contributed by atoms with Crippen LogP contribution in [-0.4, -0.2) is 46.0 Å². The van der Waals surface area contributed by atoms with Crippen molar-refractivity contribution in [2.75, 3.05) is 19.7 Å². The van der Waals surface area contributed by atoms with E-state index < -0.39 is 0 Å². The molecule has 4 rings (SSSR count). The molecule has 0 N–H and O–H groups in total. The van der Waals surface area contributed by atoms with Crippen LogP contribution in [0.2, 0.25) is 0 Å². The van der Waals surface area contributed by atoms with Crippen LogP contribution >= 0.6 is 0 Å². The van der Waals surface area contributed by atoms with Crippen LogP contribution in [0.3, 0.4) is 0 Å². The lowest BCUT2D eigenvalue weighted by Gasteiger charge is -2.33. The average molecular weight is 335 g/mol. The van der Waals surface area contributed by atoms with E-state index in [4.69, 9.17) is 4.74 Å². The normalized spacial score (nSPS) is 17.8. The predicted octanol–water partition coefficient (Wildman–Crippen LogP) is 2.81. The van der Waals surface area contributed by atoms with Crippen molar-refractivity contribution in [3.05, 3.63) is 72.2 Å². The predicted molar refractivity (Wildman–Crippen MR) is 95.6 cm³/mol. The molecular formula is C20H21N3O2. The van der Waals surface area contributed by atoms with Gasteiger partial charge in [0.05, 0.1) is 18.9 Å². The van der Waals surface area contributed by atoms with Gasteiger partial charge in [-0.15, -0.1) is 0 Å². The second-order valence-corrected chi connectivity index (χ2v) is 6.34. The molecule has 1 fully saturated rings. The topological polar surface area (TPSA) is 46.8 Å². The summed E-state index contributed by atoms with van der Waals surface area (Å²) in [6.07, 6.45) is 5.50. The first-order valence-corrected chi connectivity index (χ1v) is 8.68. The lowest BCUT2D eigenvalue weighted by atomic mass is 10.1. The second-order valence-electron chi connectivity index (χ2n) is 6.34. The summed E-state index contributed by atoms with van der Waals surface area (Å²) in [5.74, 6) is 0.0201. The molecule has 0 spiro atoms. The quantitative estimate of drug-likeness (QED) is 0.736. The van der Waals surface area contributed by atoms with E-state index in [0.717, 1.165) is 18.5 Å². The third-order valence-electron chi connectivity index (χ3n) is 4.66. The Morgan fingerprint density at radius 3 is 2.88 bits per heavy atom. The van der Waals surface area contributed by atoms with Gasteiger partial charge in [-0.2, -0.15) is 0 Å². The maximum atomic E-state index is 12.9. The number of hydrogen-bond acceptors (Lipinski definition) is 3. The van der Waals surface area contributed by atoms with Crippen LogP contribution in [0.25, 0.3) is 5.65 Å². The Hall–Kier alpha value is -2.66. The molecule has 5 nitrogen and oxygen atoms in total. The Labute approximate surface area is 146 Å². The number of aromatic nitrogens is 2. The van der Waals surface area contributed by atoms with Crippen molar-refractivity contribution in [3.8, 4) is 0 Å². The van der Waals surface area contributed by atoms with Crippen LogP contribution in [0.4, 0.5) is 0 Å². The standard InChI is InChI=1S/C20H21N3O2/c24-20(18-14-21-19-8-4-5-11-23(18)19)22-12-13-25-17(15-22)10-9-16-6-2-1-3-7-16/h1-8,11,14,17H,9-10,12-13,15H2/t17-/m0/s1. The van der Waals surface area contributed by atoms with E-state index in [1.807, 2.05) is 39.8 Å². The second kappa shape index (κ2) is 7.07. The number of amides is 1. The molecule has 1 atom stereocenters. The number of fused-ring (bicyclic) bond motifs is 1. The van der Waals surface area contributed by atoms with Crippen molar-refractivity contribution in [1.82, 2.24) is 14.3 Å². The number of pyridine rings is 1. The molecule has 0 unspecified atom stereocenters. The van der Waals surface area contributed by atoms with E-state index in [-0.39, 0.29) is 12.0 Å². The van der Waals surface area contributed by atoms with Gasteiger partial charge in [0.25, 0.3) is 5.91 Å². The highest BCUT2D eigenvalue weighted by Crippen LogP contribution is 2.16. The zero-order valence-corrected chi connectivity index (χ0v) is 14.0. The number of hydrogen-bond donors (Lipinski definition) is 0. The van der Waals surface area contributed by atoms with E-state index in [0.29, 0.717) is 25.4 Å². The molecular weight excluding hydrogens is 314 g/mol. The fourth-order valence-corrected chi connectivity index (χ4v) is 3.30. The zero-order chi connectivity index (χ0) is 17.1. The zero-order valence-electron chi connectivity index (χ0n) is 14.0. The van der Waals surface area contributed by atoms with Crippen LogP contribution < -0.4 is 0 Å². The molecule has 1 amide bonds. The van der Waals surface area contributed by atoms with Crippen LogP contribution in [0, 0.1) is 0 Å². The fourth-order valence-electron chi connectivity index (χ4n) is 3.30. The van der Waals surface area contributed by atoms with Gasteiger partial charge in [0.15, 0.2) is 0 Å². The van der Waals surface area contributed by atoms with Crippen LogP contribution in [-0.2, 0) is 11.2 Å². The van der Waals surface area contributed by atoms with Gasteiger partial charge in [0, 0.05) is 19.3 Å². The molecule has 1 aliphatic heterocycles. The molecule has 0 bridgehead atoms. The van der Waals surface area contributed by atoms with Crippen molar-refractivity contribution in [1.29, 1.82) is 0 Å². The van der Waals surface area contributed by atoms with Gasteiger partial charge >= 0.3 is 0 Å². The maximum Gasteiger partial charge on any atom is 0.272 e. The monoisotopic (exact) mass is 335 g/mol. The van der Waals surface area contributed by atoms with Gasteiger partial charge in [-0.1, -0.05) is 36.4 Å². The van der Waals surface area contributed by atoms with Crippen molar-refractivity contribution in [2.24, 2.45) is 0 Å². The van der Waals surface area contributed by atoms with Crippen LogP contribution in [0.5, 0.6) is 0 Å². The van der Waals surface area contributed by atoms with Gasteiger partial charge < -0.3 is 9.64 Å². The molecule has 1 aromatic carbocycles. The number of morpholine rings is 1. The highest BCUT2D eigenvalue weighted by Gasteiger charge is 2.26. The van der Waals surface area contributed by atoms with Gasteiger partial charge in [-0.05, 0) is 30.5 Å². The van der Waals surface area contributed by atoms with Crippen molar-refractivity contribution in [3.63, 3.8) is 0 Å². The smallest absolute Gasteiger partial charge is 0.272 e. The number of carbonyl (C=O) groups excluding carboxylic acids is 1. The molecule has 25 heavy (non-hydrogen) atoms. The largest absolute Gasteiger partial charge is 0.375 e. The molecule has 128 valence electrons. The number of rotatable bonds is 4. The van der Waals surface area contributed by atoms with Gasteiger partial charge in [0.1, 0.15) is 11.3 Å². The number of carbonyl (C=O) groups is 1. The van der Waals surface area contributed by atoms with Gasteiger partial charge in [-0.3, -0.25) is 9.20 Å². The number of nitrogens with zero attached hydrogens (tertiary/aromatic N) is 3. The van der Waals surface area contributed by atoms with Crippen molar-refractivity contribution < 1.29 is 9.53 Å². The lowest BCUT2D eigenvalue weighted by Crippen LogP contribution is -2.46. The van der Waals surface area contributed by atoms with E-state index in [2.05, 4.69) is 29.2 Å². The third kappa shape index (κ3) is 3.42. The maximum absolute atomic E-state index is 12.9. The summed E-state index contributed by atoms with van der Waals surface area (Å²) in [6, 6.07) is 16.1. The van der Waals surface area contributed by atoms with Crippen molar-refractivity contribution >= 4 is 11.6 Å². The SMILES string of the molecule is O=C(c1cnc2ccccn12)N1CCO[C@@H](CCc2ccccc2)C1. The summed E-state index contributed by atoms with van der Waals surface area (Å²) < 4.78 is 7.71. The Morgan fingerprint density at radius 1 is 1.16 bits per heavy atom. The first-order valence-electron chi connectivity index (χ1n) is 8.68. The highest BCUT2D eigenvalue weighted by atomic mass is 16.5. The summed E-state index contributed by atoms with van der Waals surface area (Å²) in [4.78, 5) is 19.1. The molecule has 5 heteroatoms. The molecule has 3 heterocycles. The summed E-state index contributed by atoms with van der Waals surface area (Å²) in [6.45, 7) is 1.84. The highest BCUT2D eigenvalue weighted by molar-refractivity contribution is 5.93. The van der Waals surface area contributed by atoms with E-state index in [1.54, 1.807) is 6.20 Å². The molecule has 3 aromatic rings. The fraction of sp³-hybridized carbons (Fsp3) is 0.300. The number of benzene rings is 1. The summed E-state index contributed by atoms with van der Waals surface area (Å²) in [5.41, 5.74) is 2.70. The number of imidazole rings is 1. The molecule has 0 radical (unpaired) electrons. The van der Waals surface area contributed by atoms with Crippen molar-refractivity contribution in [2.45, 2.75) is 18.9 Å². The molecule has 0 aliphatic carbocycles. The summed E-state index contributed by atoms with van der Waals surface area (Å²) >= 11 is 0. The minimum atomic E-state index is 0.0201. The number of ether oxygens (including phenoxy) is 1. The van der Waals surface area contributed by atoms with Gasteiger partial charge in [-0.25, -0.2) is 4.98 Å². The summed E-state index contributed by atoms with van der Waals surface area (Å²) in [7, 11) is 0. The first kappa shape index (κ1) is 15.8. The summed E-state index contributed by atoms with van der Waals surface area (Å²) in [5, 5.41) is 0. The van der Waals surface area contributed by atoms with E-state index in [9.17, 15) is 4.79 Å². The third-order valence-corrected chi connectivity index (χ3v) is 4.66. The average Bonchev–Trinajstić information content (AvgIpc) is 3.11. The van der Waals surface area contributed by atoms with E-state index in [1.165, 1.54) is 5.56 Å². The Balaban J connectivity index is 1.43. The molecule has 0 saturated carbocycles. The Bertz CT molecular complexity index is 860. The van der Waals surface area contributed by atoms with Gasteiger partial charge in [0.2, 0.25) is 0 Å². The minimum Gasteiger partial charge on any atom is -0.375 e. The first-order chi connectivity index (χ1) is 12.3. The number of aryl methyl sites for hydroxylation is 1. The Kier molecular flexibility index (Phi) is 4.48. The van der Waals surface area contributed by atoms with E-state index >= 15 is 0 Å². The van der Waals surface area contributed by atoms with Crippen LogP contribution in [0.1, 0.15) is 22.5 Å². The lowest BCUT2D eigenvalue weighted by molar-refractivity contribution is -0.0248. The van der Waals surface area contributed by atoms with Crippen LogP contribution in [0.15, 0.2) is 60.9 Å². The minimum absolute atomic E-state index is 0.0201. The molecule has 1 aliphatic rings. The Morgan fingerprint density at radius 2 is 2.00 bits per heavy atom.